The second kappa shape index (κ2) is 6.53. The van der Waals surface area contributed by atoms with E-state index in [0.29, 0.717) is 13.1 Å². The SMILES string of the molecule is CCN(Cc1c[nH]c2ccccc12)C(=O)Cn1cc(C(=O)O)nn1. The number of amides is 1. The quantitative estimate of drug-likeness (QED) is 0.714. The van der Waals surface area contributed by atoms with Crippen molar-refractivity contribution in [2.24, 2.45) is 0 Å². The smallest absolute Gasteiger partial charge is 0.358 e. The van der Waals surface area contributed by atoms with Gasteiger partial charge in [-0.1, -0.05) is 23.4 Å². The lowest BCUT2D eigenvalue weighted by molar-refractivity contribution is -0.132. The van der Waals surface area contributed by atoms with Crippen LogP contribution in [-0.2, 0) is 17.9 Å². The van der Waals surface area contributed by atoms with Gasteiger partial charge in [-0.25, -0.2) is 9.48 Å². The number of carbonyl (C=O) groups is 2. The lowest BCUT2D eigenvalue weighted by Gasteiger charge is -2.20. The maximum absolute atomic E-state index is 12.5. The molecule has 0 fully saturated rings. The Morgan fingerprint density at radius 2 is 2.12 bits per heavy atom. The molecule has 2 N–H and O–H groups in total. The predicted octanol–water partition coefficient (Wildman–Crippen LogP) is 1.51. The molecule has 0 atom stereocenters. The van der Waals surface area contributed by atoms with Gasteiger partial charge in [-0.3, -0.25) is 4.79 Å². The monoisotopic (exact) mass is 327 g/mol. The van der Waals surface area contributed by atoms with E-state index in [9.17, 15) is 9.59 Å². The van der Waals surface area contributed by atoms with E-state index in [2.05, 4.69) is 15.3 Å². The van der Waals surface area contributed by atoms with Gasteiger partial charge in [0.25, 0.3) is 0 Å². The van der Waals surface area contributed by atoms with Gasteiger partial charge in [0.1, 0.15) is 6.54 Å². The van der Waals surface area contributed by atoms with Crippen LogP contribution < -0.4 is 0 Å². The molecule has 0 saturated carbocycles. The van der Waals surface area contributed by atoms with Crippen LogP contribution in [0.5, 0.6) is 0 Å². The number of hydrogen-bond donors (Lipinski definition) is 2. The summed E-state index contributed by atoms with van der Waals surface area (Å²) in [6.45, 7) is 2.87. The summed E-state index contributed by atoms with van der Waals surface area (Å²) in [4.78, 5) is 28.2. The maximum atomic E-state index is 12.5. The van der Waals surface area contributed by atoms with Crippen LogP contribution in [0.2, 0.25) is 0 Å². The second-order valence-corrected chi connectivity index (χ2v) is 5.37. The molecule has 24 heavy (non-hydrogen) atoms. The number of likely N-dealkylation sites (N-methyl/N-ethyl adjacent to an activating group) is 1. The number of hydrogen-bond acceptors (Lipinski definition) is 4. The summed E-state index contributed by atoms with van der Waals surface area (Å²) in [5.41, 5.74) is 1.88. The molecule has 0 aliphatic rings. The average Bonchev–Trinajstić information content (AvgIpc) is 3.19. The van der Waals surface area contributed by atoms with Crippen LogP contribution in [0.3, 0.4) is 0 Å². The number of carbonyl (C=O) groups excluding carboxylic acids is 1. The molecular weight excluding hydrogens is 310 g/mol. The Bertz CT molecular complexity index is 883. The van der Waals surface area contributed by atoms with E-state index in [0.717, 1.165) is 16.5 Å². The number of rotatable bonds is 6. The van der Waals surface area contributed by atoms with Crippen LogP contribution in [0, 0.1) is 0 Å². The van der Waals surface area contributed by atoms with Crippen LogP contribution >= 0.6 is 0 Å². The average molecular weight is 327 g/mol. The molecule has 124 valence electrons. The van der Waals surface area contributed by atoms with E-state index in [4.69, 9.17) is 5.11 Å². The van der Waals surface area contributed by atoms with E-state index in [1.54, 1.807) is 4.90 Å². The van der Waals surface area contributed by atoms with Crippen LogP contribution in [0.25, 0.3) is 10.9 Å². The summed E-state index contributed by atoms with van der Waals surface area (Å²) in [5, 5.41) is 17.1. The Morgan fingerprint density at radius 3 is 2.83 bits per heavy atom. The van der Waals surface area contributed by atoms with Crippen molar-refractivity contribution < 1.29 is 14.7 Å². The van der Waals surface area contributed by atoms with Crippen LogP contribution in [0.15, 0.2) is 36.7 Å². The number of carboxylic acids is 1. The molecule has 0 radical (unpaired) electrons. The van der Waals surface area contributed by atoms with Crippen molar-refractivity contribution in [2.45, 2.75) is 20.0 Å². The van der Waals surface area contributed by atoms with Crippen LogP contribution in [0.4, 0.5) is 0 Å². The highest BCUT2D eigenvalue weighted by atomic mass is 16.4. The van der Waals surface area contributed by atoms with E-state index in [1.165, 1.54) is 10.9 Å². The van der Waals surface area contributed by atoms with Gasteiger partial charge in [0, 0.05) is 30.2 Å². The zero-order chi connectivity index (χ0) is 17.1. The fourth-order valence-corrected chi connectivity index (χ4v) is 2.56. The first-order valence-corrected chi connectivity index (χ1v) is 7.54. The minimum absolute atomic E-state index is 0.0452. The lowest BCUT2D eigenvalue weighted by Crippen LogP contribution is -2.33. The molecule has 0 aliphatic heterocycles. The number of aromatic amines is 1. The first-order valence-electron chi connectivity index (χ1n) is 7.54. The van der Waals surface area contributed by atoms with Gasteiger partial charge in [0.2, 0.25) is 5.91 Å². The molecule has 1 amide bonds. The van der Waals surface area contributed by atoms with Gasteiger partial charge in [-0.15, -0.1) is 5.10 Å². The van der Waals surface area contributed by atoms with Gasteiger partial charge in [0.15, 0.2) is 5.69 Å². The zero-order valence-electron chi connectivity index (χ0n) is 13.1. The maximum Gasteiger partial charge on any atom is 0.358 e. The number of H-pyrrole nitrogens is 1. The number of nitrogens with one attached hydrogen (secondary N) is 1. The molecule has 0 spiro atoms. The fraction of sp³-hybridized carbons (Fsp3) is 0.250. The summed E-state index contributed by atoms with van der Waals surface area (Å²) in [6, 6.07) is 7.91. The van der Waals surface area contributed by atoms with Gasteiger partial charge >= 0.3 is 5.97 Å². The molecule has 0 saturated heterocycles. The van der Waals surface area contributed by atoms with Gasteiger partial charge in [0.05, 0.1) is 6.20 Å². The Kier molecular flexibility index (Phi) is 4.28. The zero-order valence-corrected chi connectivity index (χ0v) is 13.1. The normalized spacial score (nSPS) is 10.9. The van der Waals surface area contributed by atoms with E-state index in [1.807, 2.05) is 37.4 Å². The van der Waals surface area contributed by atoms with Crippen LogP contribution in [0.1, 0.15) is 23.0 Å². The molecule has 2 aromatic heterocycles. The fourth-order valence-electron chi connectivity index (χ4n) is 2.56. The summed E-state index contributed by atoms with van der Waals surface area (Å²) in [7, 11) is 0. The number of carboxylic acid groups (broad SMARTS) is 1. The van der Waals surface area contributed by atoms with Crippen molar-refractivity contribution >= 4 is 22.8 Å². The summed E-state index contributed by atoms with van der Waals surface area (Å²) in [6.07, 6.45) is 3.15. The highest BCUT2D eigenvalue weighted by molar-refractivity contribution is 5.85. The molecule has 3 rings (SSSR count). The van der Waals surface area contributed by atoms with Crippen molar-refractivity contribution in [3.05, 3.63) is 47.9 Å². The number of fused-ring (bicyclic) bond motifs is 1. The first-order chi connectivity index (χ1) is 11.6. The Balaban J connectivity index is 1.73. The van der Waals surface area contributed by atoms with Gasteiger partial charge < -0.3 is 15.0 Å². The van der Waals surface area contributed by atoms with E-state index < -0.39 is 5.97 Å². The highest BCUT2D eigenvalue weighted by Crippen LogP contribution is 2.19. The molecule has 1 aromatic carbocycles. The molecular formula is C16H17N5O3. The van der Waals surface area contributed by atoms with Crippen LogP contribution in [-0.4, -0.2) is 48.4 Å². The van der Waals surface area contributed by atoms with Gasteiger partial charge in [-0.2, -0.15) is 0 Å². The van der Waals surface area contributed by atoms with Crippen molar-refractivity contribution in [2.75, 3.05) is 6.54 Å². The van der Waals surface area contributed by atoms with Crippen molar-refractivity contribution in [3.63, 3.8) is 0 Å². The first kappa shape index (κ1) is 15.7. The largest absolute Gasteiger partial charge is 0.476 e. The highest BCUT2D eigenvalue weighted by Gasteiger charge is 2.17. The summed E-state index contributed by atoms with van der Waals surface area (Å²) >= 11 is 0. The minimum Gasteiger partial charge on any atom is -0.476 e. The standard InChI is InChI=1S/C16H17N5O3/c1-2-20(8-11-7-17-13-6-4-3-5-12(11)13)15(22)10-21-9-14(16(23)24)18-19-21/h3-7,9,17H,2,8,10H2,1H3,(H,23,24). The van der Waals surface area contributed by atoms with E-state index in [-0.39, 0.29) is 18.1 Å². The lowest BCUT2D eigenvalue weighted by atomic mass is 10.1. The third-order valence-electron chi connectivity index (χ3n) is 3.83. The third kappa shape index (κ3) is 3.12. The Hall–Kier alpha value is -3.16. The topological polar surface area (TPSA) is 104 Å². The molecule has 0 aliphatic carbocycles. The number of aromatic nitrogens is 4. The van der Waals surface area contributed by atoms with Crippen molar-refractivity contribution in [1.82, 2.24) is 24.9 Å². The molecule has 0 bridgehead atoms. The molecule has 0 unspecified atom stereocenters. The Labute approximate surface area is 137 Å². The summed E-state index contributed by atoms with van der Waals surface area (Å²) in [5.74, 6) is -1.32. The van der Waals surface area contributed by atoms with Gasteiger partial charge in [-0.05, 0) is 18.6 Å². The minimum atomic E-state index is -1.17. The molecule has 2 heterocycles. The molecule has 8 nitrogen and oxygen atoms in total. The number of benzene rings is 1. The van der Waals surface area contributed by atoms with Crippen molar-refractivity contribution in [1.29, 1.82) is 0 Å². The predicted molar refractivity (Wildman–Crippen MR) is 86.4 cm³/mol. The van der Waals surface area contributed by atoms with Crippen molar-refractivity contribution in [3.8, 4) is 0 Å². The second-order valence-electron chi connectivity index (χ2n) is 5.37. The third-order valence-corrected chi connectivity index (χ3v) is 3.83. The number of para-hydroxylation sites is 1. The Morgan fingerprint density at radius 1 is 1.33 bits per heavy atom. The van der Waals surface area contributed by atoms with E-state index >= 15 is 0 Å². The summed E-state index contributed by atoms with van der Waals surface area (Å²) < 4.78 is 1.24. The number of nitrogens with zero attached hydrogens (tertiary/aromatic N) is 4. The number of aromatic carboxylic acids is 1. The molecule has 8 heteroatoms. The molecule has 3 aromatic rings.